The number of hydrogen-bond acceptors (Lipinski definition) is 6. The van der Waals surface area contributed by atoms with Crippen molar-refractivity contribution < 1.29 is 28.6 Å². The van der Waals surface area contributed by atoms with E-state index in [1.807, 2.05) is 0 Å². The summed E-state index contributed by atoms with van der Waals surface area (Å²) in [5.74, 6) is 0.913. The normalized spacial score (nSPS) is 12.4. The summed E-state index contributed by atoms with van der Waals surface area (Å²) in [6.45, 7) is 11.5. The molecule has 6 nitrogen and oxygen atoms in total. The van der Waals surface area contributed by atoms with Gasteiger partial charge in [-0.3, -0.25) is 14.4 Å². The van der Waals surface area contributed by atoms with Crippen LogP contribution in [0.5, 0.6) is 0 Å². The van der Waals surface area contributed by atoms with Crippen LogP contribution in [0.1, 0.15) is 369 Å². The van der Waals surface area contributed by atoms with Gasteiger partial charge in [-0.1, -0.05) is 330 Å². The Bertz CT molecular complexity index is 1090. The Morgan fingerprint density at radius 1 is 0.296 bits per heavy atom. The van der Waals surface area contributed by atoms with Crippen LogP contribution in [0.4, 0.5) is 0 Å². The fourth-order valence-corrected chi connectivity index (χ4v) is 10.1. The molecule has 6 heteroatoms. The first kappa shape index (κ1) is 69.4. The molecule has 0 rings (SSSR count). The second kappa shape index (κ2) is 57.7. The minimum absolute atomic E-state index is 0.0617. The van der Waals surface area contributed by atoms with Crippen molar-refractivity contribution in [2.24, 2.45) is 11.8 Å². The lowest BCUT2D eigenvalue weighted by molar-refractivity contribution is -0.167. The molecular weight excluding hydrogens is 877 g/mol. The van der Waals surface area contributed by atoms with Gasteiger partial charge in [0.1, 0.15) is 13.2 Å². The highest BCUT2D eigenvalue weighted by atomic mass is 16.6. The van der Waals surface area contributed by atoms with Crippen LogP contribution < -0.4 is 0 Å². The monoisotopic (exact) mass is 1000 g/mol. The number of carbonyl (C=O) groups excluding carboxylic acids is 3. The molecule has 0 aliphatic heterocycles. The molecule has 0 aromatic carbocycles. The predicted octanol–water partition coefficient (Wildman–Crippen LogP) is 21.6. The van der Waals surface area contributed by atoms with E-state index < -0.39 is 6.10 Å². The maximum absolute atomic E-state index is 12.9. The molecule has 2 atom stereocenters. The smallest absolute Gasteiger partial charge is 0.306 e. The first-order valence-corrected chi connectivity index (χ1v) is 32.3. The van der Waals surface area contributed by atoms with E-state index in [0.717, 1.165) is 69.6 Å². The van der Waals surface area contributed by atoms with Crippen molar-refractivity contribution in [3.8, 4) is 0 Å². The molecule has 0 aromatic rings. The van der Waals surface area contributed by atoms with Gasteiger partial charge in [0.05, 0.1) is 0 Å². The fraction of sp³-hybridized carbons (Fsp3) is 0.954. The van der Waals surface area contributed by atoms with Crippen molar-refractivity contribution in [1.29, 1.82) is 0 Å². The minimum Gasteiger partial charge on any atom is -0.462 e. The Hall–Kier alpha value is -1.59. The van der Waals surface area contributed by atoms with E-state index in [1.165, 1.54) is 257 Å². The molecule has 0 aliphatic carbocycles. The Morgan fingerprint density at radius 2 is 0.535 bits per heavy atom. The van der Waals surface area contributed by atoms with Crippen molar-refractivity contribution >= 4 is 17.9 Å². The summed E-state index contributed by atoms with van der Waals surface area (Å²) in [4.78, 5) is 38.3. The largest absolute Gasteiger partial charge is 0.462 e. The summed E-state index contributed by atoms with van der Waals surface area (Å²) in [6, 6.07) is 0. The van der Waals surface area contributed by atoms with E-state index in [4.69, 9.17) is 14.2 Å². The molecule has 0 aliphatic rings. The first-order valence-electron chi connectivity index (χ1n) is 32.3. The molecule has 71 heavy (non-hydrogen) atoms. The molecule has 0 bridgehead atoms. The quantitative estimate of drug-likeness (QED) is 0.0343. The van der Waals surface area contributed by atoms with Crippen molar-refractivity contribution in [3.63, 3.8) is 0 Å². The van der Waals surface area contributed by atoms with Crippen LogP contribution in [0, 0.1) is 11.8 Å². The zero-order valence-corrected chi connectivity index (χ0v) is 48.9. The summed E-state index contributed by atoms with van der Waals surface area (Å²) in [7, 11) is 0. The molecule has 0 N–H and O–H groups in total. The summed E-state index contributed by atoms with van der Waals surface area (Å²) >= 11 is 0. The topological polar surface area (TPSA) is 78.9 Å². The number of carbonyl (C=O) groups is 3. The van der Waals surface area contributed by atoms with Crippen LogP contribution in [0.2, 0.25) is 0 Å². The first-order chi connectivity index (χ1) is 34.8. The molecule has 0 saturated carbocycles. The van der Waals surface area contributed by atoms with Gasteiger partial charge in [0.25, 0.3) is 0 Å². The Morgan fingerprint density at radius 3 is 0.803 bits per heavy atom. The van der Waals surface area contributed by atoms with Gasteiger partial charge >= 0.3 is 17.9 Å². The fourth-order valence-electron chi connectivity index (χ4n) is 10.1. The summed E-state index contributed by atoms with van der Waals surface area (Å²) in [6.07, 6.45) is 63.8. The number of rotatable bonds is 59. The molecule has 0 spiro atoms. The lowest BCUT2D eigenvalue weighted by Gasteiger charge is -2.18. The third kappa shape index (κ3) is 57.5. The molecule has 0 radical (unpaired) electrons. The highest BCUT2D eigenvalue weighted by Crippen LogP contribution is 2.19. The van der Waals surface area contributed by atoms with Crippen LogP contribution >= 0.6 is 0 Å². The second-order valence-electron chi connectivity index (χ2n) is 23.1. The SMILES string of the molecule is CCCCCCCCCCCCCCCCCCCC(=O)OC[C@@H](COC(=O)CCCCCCCCCCCCCCCCCC(C)C)OC(=O)CCCCCCCCCCCCCCCCC(C)CC. The van der Waals surface area contributed by atoms with E-state index in [0.29, 0.717) is 19.3 Å². The molecule has 0 saturated heterocycles. The van der Waals surface area contributed by atoms with Gasteiger partial charge in [0, 0.05) is 19.3 Å². The van der Waals surface area contributed by atoms with E-state index >= 15 is 0 Å². The molecule has 0 amide bonds. The lowest BCUT2D eigenvalue weighted by Crippen LogP contribution is -2.30. The standard InChI is InChI=1S/C65H126O6/c1-6-8-9-10-11-12-13-14-15-16-19-25-30-35-40-45-50-55-63(66)69-58-62(71-65(68)57-52-47-42-37-32-27-22-21-24-29-34-39-44-49-54-61(5)7-2)59-70-64(67)56-51-46-41-36-31-26-20-17-18-23-28-33-38-43-48-53-60(3)4/h60-62H,6-59H2,1-5H3/t61?,62-/m0/s1. The average molecular weight is 1000 g/mol. The molecule has 422 valence electrons. The van der Waals surface area contributed by atoms with Crippen molar-refractivity contribution in [2.45, 2.75) is 375 Å². The van der Waals surface area contributed by atoms with Gasteiger partial charge < -0.3 is 14.2 Å². The Labute approximate surface area is 444 Å². The van der Waals surface area contributed by atoms with Crippen LogP contribution in [0.25, 0.3) is 0 Å². The van der Waals surface area contributed by atoms with Crippen molar-refractivity contribution in [2.75, 3.05) is 13.2 Å². The van der Waals surface area contributed by atoms with Crippen molar-refractivity contribution in [3.05, 3.63) is 0 Å². The number of unbranched alkanes of at least 4 members (excludes halogenated alkanes) is 43. The molecule has 1 unspecified atom stereocenters. The van der Waals surface area contributed by atoms with Crippen LogP contribution in [-0.2, 0) is 28.6 Å². The maximum Gasteiger partial charge on any atom is 0.306 e. The average Bonchev–Trinajstić information content (AvgIpc) is 3.36. The zero-order chi connectivity index (χ0) is 51.8. The zero-order valence-electron chi connectivity index (χ0n) is 48.9. The summed E-state index contributed by atoms with van der Waals surface area (Å²) in [5.41, 5.74) is 0. The van der Waals surface area contributed by atoms with Crippen LogP contribution in [-0.4, -0.2) is 37.2 Å². The van der Waals surface area contributed by atoms with Crippen LogP contribution in [0.3, 0.4) is 0 Å². The third-order valence-corrected chi connectivity index (χ3v) is 15.3. The second-order valence-corrected chi connectivity index (χ2v) is 23.1. The Kier molecular flexibility index (Phi) is 56.4. The molecule has 0 aromatic heterocycles. The van der Waals surface area contributed by atoms with Crippen LogP contribution in [0.15, 0.2) is 0 Å². The maximum atomic E-state index is 12.9. The van der Waals surface area contributed by atoms with Gasteiger partial charge in [0.15, 0.2) is 6.10 Å². The van der Waals surface area contributed by atoms with E-state index in [1.54, 1.807) is 0 Å². The van der Waals surface area contributed by atoms with Crippen molar-refractivity contribution in [1.82, 2.24) is 0 Å². The van der Waals surface area contributed by atoms with E-state index in [9.17, 15) is 14.4 Å². The van der Waals surface area contributed by atoms with Gasteiger partial charge in [0.2, 0.25) is 0 Å². The van der Waals surface area contributed by atoms with Gasteiger partial charge in [-0.15, -0.1) is 0 Å². The molecule has 0 heterocycles. The van der Waals surface area contributed by atoms with Gasteiger partial charge in [-0.05, 0) is 31.1 Å². The van der Waals surface area contributed by atoms with Gasteiger partial charge in [-0.25, -0.2) is 0 Å². The summed E-state index contributed by atoms with van der Waals surface area (Å²) in [5, 5.41) is 0. The predicted molar refractivity (Wildman–Crippen MR) is 307 cm³/mol. The highest BCUT2D eigenvalue weighted by Gasteiger charge is 2.19. The minimum atomic E-state index is -0.764. The number of hydrogen-bond donors (Lipinski definition) is 0. The third-order valence-electron chi connectivity index (χ3n) is 15.3. The summed E-state index contributed by atoms with van der Waals surface area (Å²) < 4.78 is 17.0. The van der Waals surface area contributed by atoms with Gasteiger partial charge in [-0.2, -0.15) is 0 Å². The number of esters is 3. The lowest BCUT2D eigenvalue weighted by atomic mass is 9.99. The number of ether oxygens (including phenoxy) is 3. The van der Waals surface area contributed by atoms with E-state index in [2.05, 4.69) is 34.6 Å². The molecule has 0 fully saturated rings. The highest BCUT2D eigenvalue weighted by molar-refractivity contribution is 5.71. The molecular formula is C65H126O6. The Balaban J connectivity index is 4.30. The van der Waals surface area contributed by atoms with E-state index in [-0.39, 0.29) is 31.1 Å².